The van der Waals surface area contributed by atoms with E-state index in [4.69, 9.17) is 11.6 Å². The number of nitrogens with zero attached hydrogens (tertiary/aromatic N) is 1. The van der Waals surface area contributed by atoms with Crippen LogP contribution >= 0.6 is 22.9 Å². The van der Waals surface area contributed by atoms with E-state index in [0.29, 0.717) is 17.5 Å². The van der Waals surface area contributed by atoms with Crippen LogP contribution in [0.25, 0.3) is 0 Å². The van der Waals surface area contributed by atoms with E-state index >= 15 is 0 Å². The van der Waals surface area contributed by atoms with Gasteiger partial charge in [0.1, 0.15) is 5.82 Å². The number of benzene rings is 1. The Balaban J connectivity index is 2.03. The molecule has 0 radical (unpaired) electrons. The maximum atomic E-state index is 13.0. The van der Waals surface area contributed by atoms with Crippen molar-refractivity contribution in [2.24, 2.45) is 0 Å². The van der Waals surface area contributed by atoms with Gasteiger partial charge in [0.2, 0.25) is 0 Å². The van der Waals surface area contributed by atoms with E-state index in [0.717, 1.165) is 17.1 Å². The quantitative estimate of drug-likeness (QED) is 0.901. The van der Waals surface area contributed by atoms with E-state index < -0.39 is 0 Å². The standard InChI is InChI=1S/C14H16ClFN2S/c1-9(2)17-7-12-8-18-14(19-12)5-10-3-4-11(16)6-13(10)15/h3-4,6,8-9,17H,5,7H2,1-2H3. The summed E-state index contributed by atoms with van der Waals surface area (Å²) in [5.74, 6) is -0.310. The van der Waals surface area contributed by atoms with Gasteiger partial charge in [0.15, 0.2) is 0 Å². The molecular formula is C14H16ClFN2S. The summed E-state index contributed by atoms with van der Waals surface area (Å²) in [5, 5.41) is 4.80. The Morgan fingerprint density at radius 2 is 2.21 bits per heavy atom. The molecule has 0 bridgehead atoms. The van der Waals surface area contributed by atoms with E-state index in [1.807, 2.05) is 6.20 Å². The summed E-state index contributed by atoms with van der Waals surface area (Å²) in [7, 11) is 0. The molecule has 0 aliphatic carbocycles. The van der Waals surface area contributed by atoms with Crippen LogP contribution in [-0.2, 0) is 13.0 Å². The molecular weight excluding hydrogens is 283 g/mol. The van der Waals surface area contributed by atoms with Gasteiger partial charge in [0, 0.05) is 35.1 Å². The molecule has 0 fully saturated rings. The lowest BCUT2D eigenvalue weighted by atomic mass is 10.1. The van der Waals surface area contributed by atoms with E-state index in [-0.39, 0.29) is 5.82 Å². The first-order valence-corrected chi connectivity index (χ1v) is 7.35. The highest BCUT2D eigenvalue weighted by molar-refractivity contribution is 7.11. The van der Waals surface area contributed by atoms with E-state index in [1.165, 1.54) is 17.0 Å². The minimum atomic E-state index is -0.310. The van der Waals surface area contributed by atoms with Gasteiger partial charge in [0.05, 0.1) is 5.01 Å². The van der Waals surface area contributed by atoms with Crippen molar-refractivity contribution in [2.45, 2.75) is 32.9 Å². The first kappa shape index (κ1) is 14.4. The molecule has 2 aromatic rings. The van der Waals surface area contributed by atoms with Gasteiger partial charge in [0.25, 0.3) is 0 Å². The molecule has 102 valence electrons. The van der Waals surface area contributed by atoms with Crippen molar-refractivity contribution in [3.63, 3.8) is 0 Å². The number of hydrogen-bond donors (Lipinski definition) is 1. The summed E-state index contributed by atoms with van der Waals surface area (Å²) in [6, 6.07) is 4.93. The minimum Gasteiger partial charge on any atom is -0.310 e. The second-order valence-electron chi connectivity index (χ2n) is 4.67. The number of nitrogens with one attached hydrogen (secondary N) is 1. The molecule has 5 heteroatoms. The van der Waals surface area contributed by atoms with Crippen LogP contribution in [0.3, 0.4) is 0 Å². The van der Waals surface area contributed by atoms with Crippen molar-refractivity contribution >= 4 is 22.9 Å². The van der Waals surface area contributed by atoms with Crippen molar-refractivity contribution in [1.82, 2.24) is 10.3 Å². The Morgan fingerprint density at radius 1 is 1.42 bits per heavy atom. The summed E-state index contributed by atoms with van der Waals surface area (Å²) in [4.78, 5) is 5.58. The van der Waals surface area contributed by atoms with Crippen LogP contribution in [-0.4, -0.2) is 11.0 Å². The smallest absolute Gasteiger partial charge is 0.124 e. The van der Waals surface area contributed by atoms with Gasteiger partial charge in [-0.3, -0.25) is 0 Å². The van der Waals surface area contributed by atoms with Crippen LogP contribution in [0.15, 0.2) is 24.4 Å². The SMILES string of the molecule is CC(C)NCc1cnc(Cc2ccc(F)cc2Cl)s1. The highest BCUT2D eigenvalue weighted by atomic mass is 35.5. The Kier molecular flexibility index (Phi) is 4.91. The molecule has 0 aliphatic heterocycles. The van der Waals surface area contributed by atoms with Crippen molar-refractivity contribution in [1.29, 1.82) is 0 Å². The zero-order chi connectivity index (χ0) is 13.8. The average Bonchev–Trinajstić information content (AvgIpc) is 2.78. The fraction of sp³-hybridized carbons (Fsp3) is 0.357. The molecule has 0 spiro atoms. The third-order valence-electron chi connectivity index (χ3n) is 2.64. The van der Waals surface area contributed by atoms with Gasteiger partial charge in [-0.05, 0) is 17.7 Å². The van der Waals surface area contributed by atoms with Crippen molar-refractivity contribution in [3.05, 3.63) is 50.7 Å². The Bertz CT molecular complexity index is 554. The van der Waals surface area contributed by atoms with Crippen LogP contribution in [0.4, 0.5) is 4.39 Å². The highest BCUT2D eigenvalue weighted by Crippen LogP contribution is 2.23. The second-order valence-corrected chi connectivity index (χ2v) is 6.28. The van der Waals surface area contributed by atoms with Crippen LogP contribution in [0.2, 0.25) is 5.02 Å². The minimum absolute atomic E-state index is 0.310. The molecule has 1 aromatic heterocycles. The van der Waals surface area contributed by atoms with Gasteiger partial charge in [-0.1, -0.05) is 31.5 Å². The lowest BCUT2D eigenvalue weighted by molar-refractivity contribution is 0.593. The molecule has 0 unspecified atom stereocenters. The lowest BCUT2D eigenvalue weighted by Gasteiger charge is -2.04. The summed E-state index contributed by atoms with van der Waals surface area (Å²) < 4.78 is 13.0. The molecule has 1 aromatic carbocycles. The number of thiazole rings is 1. The molecule has 1 heterocycles. The summed E-state index contributed by atoms with van der Waals surface area (Å²) in [5.41, 5.74) is 0.904. The van der Waals surface area contributed by atoms with Crippen molar-refractivity contribution in [3.8, 4) is 0 Å². The summed E-state index contributed by atoms with van der Waals surface area (Å²) in [6.45, 7) is 5.05. The summed E-state index contributed by atoms with van der Waals surface area (Å²) >= 11 is 7.67. The zero-order valence-corrected chi connectivity index (χ0v) is 12.5. The molecule has 0 aliphatic rings. The number of hydrogen-bond acceptors (Lipinski definition) is 3. The monoisotopic (exact) mass is 298 g/mol. The molecule has 1 N–H and O–H groups in total. The van der Waals surface area contributed by atoms with Crippen LogP contribution in [0.5, 0.6) is 0 Å². The summed E-state index contributed by atoms with van der Waals surface area (Å²) in [6.07, 6.45) is 2.53. The van der Waals surface area contributed by atoms with Crippen LogP contribution in [0.1, 0.15) is 29.3 Å². The number of aromatic nitrogens is 1. The maximum Gasteiger partial charge on any atom is 0.124 e. The molecule has 0 amide bonds. The van der Waals surface area contributed by atoms with E-state index in [9.17, 15) is 4.39 Å². The van der Waals surface area contributed by atoms with Gasteiger partial charge >= 0.3 is 0 Å². The zero-order valence-electron chi connectivity index (χ0n) is 10.9. The maximum absolute atomic E-state index is 13.0. The molecule has 0 saturated heterocycles. The average molecular weight is 299 g/mol. The molecule has 2 nitrogen and oxygen atoms in total. The predicted octanol–water partition coefficient (Wildman–Crippen LogP) is 4.02. The Labute approximate surface area is 121 Å². The van der Waals surface area contributed by atoms with E-state index in [2.05, 4.69) is 24.1 Å². The molecule has 0 atom stereocenters. The van der Waals surface area contributed by atoms with Gasteiger partial charge in [-0.15, -0.1) is 11.3 Å². The lowest BCUT2D eigenvalue weighted by Crippen LogP contribution is -2.21. The van der Waals surface area contributed by atoms with Gasteiger partial charge < -0.3 is 5.32 Å². The fourth-order valence-electron chi connectivity index (χ4n) is 1.64. The van der Waals surface area contributed by atoms with Crippen molar-refractivity contribution in [2.75, 3.05) is 0 Å². The first-order valence-electron chi connectivity index (χ1n) is 6.15. The number of halogens is 2. The highest BCUT2D eigenvalue weighted by Gasteiger charge is 2.07. The van der Waals surface area contributed by atoms with E-state index in [1.54, 1.807) is 17.4 Å². The largest absolute Gasteiger partial charge is 0.310 e. The third kappa shape index (κ3) is 4.27. The fourth-order valence-corrected chi connectivity index (χ4v) is 2.77. The molecule has 0 saturated carbocycles. The van der Waals surface area contributed by atoms with Crippen LogP contribution in [0, 0.1) is 5.82 Å². The Morgan fingerprint density at radius 3 is 2.89 bits per heavy atom. The van der Waals surface area contributed by atoms with Crippen LogP contribution < -0.4 is 5.32 Å². The second kappa shape index (κ2) is 6.46. The third-order valence-corrected chi connectivity index (χ3v) is 3.99. The van der Waals surface area contributed by atoms with Gasteiger partial charge in [-0.2, -0.15) is 0 Å². The predicted molar refractivity (Wildman–Crippen MR) is 78.3 cm³/mol. The molecule has 2 rings (SSSR count). The first-order chi connectivity index (χ1) is 9.04. The normalized spacial score (nSPS) is 11.2. The van der Waals surface area contributed by atoms with Crippen molar-refractivity contribution < 1.29 is 4.39 Å². The molecule has 19 heavy (non-hydrogen) atoms. The Hall–Kier alpha value is -0.970. The topological polar surface area (TPSA) is 24.9 Å². The van der Waals surface area contributed by atoms with Gasteiger partial charge in [-0.25, -0.2) is 9.37 Å². The number of rotatable bonds is 5.